The van der Waals surface area contributed by atoms with Gasteiger partial charge >= 0.3 is 0 Å². The second-order valence-corrected chi connectivity index (χ2v) is 7.21. The highest BCUT2D eigenvalue weighted by Gasteiger charge is 2.27. The van der Waals surface area contributed by atoms with E-state index in [-0.39, 0.29) is 11.7 Å². The van der Waals surface area contributed by atoms with Gasteiger partial charge in [0, 0.05) is 12.5 Å². The van der Waals surface area contributed by atoms with Crippen molar-refractivity contribution in [2.24, 2.45) is 11.8 Å². The van der Waals surface area contributed by atoms with Gasteiger partial charge in [-0.15, -0.1) is 0 Å². The van der Waals surface area contributed by atoms with E-state index in [1.54, 1.807) is 0 Å². The number of hydrogen-bond donors (Lipinski definition) is 0. The molecule has 5 nitrogen and oxygen atoms in total. The number of nitrogens with zero attached hydrogens (tertiary/aromatic N) is 1. The quantitative estimate of drug-likeness (QED) is 0.777. The highest BCUT2D eigenvalue weighted by Crippen LogP contribution is 2.32. The van der Waals surface area contributed by atoms with Gasteiger partial charge in [0.2, 0.25) is 0 Å². The Labute approximate surface area is 114 Å². The van der Waals surface area contributed by atoms with Gasteiger partial charge in [0.15, 0.2) is 0 Å². The van der Waals surface area contributed by atoms with Gasteiger partial charge < -0.3 is 4.52 Å². The molecule has 108 valence electrons. The van der Waals surface area contributed by atoms with Crippen molar-refractivity contribution in [1.29, 1.82) is 0 Å². The lowest BCUT2D eigenvalue weighted by molar-refractivity contribution is 0.257. The molecule has 1 aromatic rings. The average molecular weight is 287 g/mol. The van der Waals surface area contributed by atoms with E-state index in [1.165, 1.54) is 7.11 Å². The van der Waals surface area contributed by atoms with Crippen LogP contribution in [0.1, 0.15) is 37.1 Å². The van der Waals surface area contributed by atoms with E-state index in [0.29, 0.717) is 5.92 Å². The van der Waals surface area contributed by atoms with Crippen LogP contribution in [-0.2, 0) is 20.7 Å². The van der Waals surface area contributed by atoms with E-state index in [4.69, 9.17) is 4.52 Å². The fourth-order valence-corrected chi connectivity index (χ4v) is 3.91. The van der Waals surface area contributed by atoms with Crippen LogP contribution in [0.3, 0.4) is 0 Å². The van der Waals surface area contributed by atoms with E-state index in [1.807, 2.05) is 13.0 Å². The molecule has 1 fully saturated rings. The Morgan fingerprint density at radius 1 is 1.42 bits per heavy atom. The van der Waals surface area contributed by atoms with Crippen LogP contribution >= 0.6 is 0 Å². The fraction of sp³-hybridized carbons (Fsp3) is 0.769. The Morgan fingerprint density at radius 3 is 2.79 bits per heavy atom. The van der Waals surface area contributed by atoms with Gasteiger partial charge in [0.05, 0.1) is 18.6 Å². The molecule has 1 saturated carbocycles. The van der Waals surface area contributed by atoms with Crippen LogP contribution in [0.2, 0.25) is 0 Å². The molecule has 2 unspecified atom stereocenters. The first-order valence-corrected chi connectivity index (χ1v) is 8.26. The summed E-state index contributed by atoms with van der Waals surface area (Å²) in [5, 5.41) is 3.88. The van der Waals surface area contributed by atoms with Gasteiger partial charge in [-0.05, 0) is 38.0 Å². The molecule has 0 aliphatic heterocycles. The van der Waals surface area contributed by atoms with Crippen molar-refractivity contribution in [3.8, 4) is 0 Å². The maximum atomic E-state index is 11.5. The smallest absolute Gasteiger partial charge is 0.267 e. The van der Waals surface area contributed by atoms with Crippen molar-refractivity contribution in [3.05, 3.63) is 17.5 Å². The topological polar surface area (TPSA) is 69.4 Å². The van der Waals surface area contributed by atoms with Crippen LogP contribution in [-0.4, -0.2) is 26.4 Å². The number of hydrogen-bond acceptors (Lipinski definition) is 5. The zero-order chi connectivity index (χ0) is 13.9. The van der Waals surface area contributed by atoms with Crippen molar-refractivity contribution in [2.75, 3.05) is 12.9 Å². The minimum absolute atomic E-state index is 0.134. The molecule has 0 spiro atoms. The summed E-state index contributed by atoms with van der Waals surface area (Å²) in [5.74, 6) is 1.72. The monoisotopic (exact) mass is 287 g/mol. The SMILES string of the molecule is COS(=O)(=O)CC1CCCC(Cc2cc(C)no2)C1. The van der Waals surface area contributed by atoms with Crippen molar-refractivity contribution in [1.82, 2.24) is 5.16 Å². The Morgan fingerprint density at radius 2 is 2.16 bits per heavy atom. The Kier molecular flexibility index (Phi) is 4.62. The third-order valence-corrected chi connectivity index (χ3v) is 5.14. The van der Waals surface area contributed by atoms with E-state index in [9.17, 15) is 8.42 Å². The molecule has 2 rings (SSSR count). The van der Waals surface area contributed by atoms with Crippen molar-refractivity contribution < 1.29 is 17.1 Å². The molecular weight excluding hydrogens is 266 g/mol. The van der Waals surface area contributed by atoms with Gasteiger partial charge in [0.1, 0.15) is 5.76 Å². The zero-order valence-electron chi connectivity index (χ0n) is 11.5. The van der Waals surface area contributed by atoms with E-state index in [0.717, 1.165) is 43.6 Å². The second kappa shape index (κ2) is 6.05. The standard InChI is InChI=1S/C13H21NO4S/c1-10-6-13(18-14-10)8-11-4-3-5-12(7-11)9-19(15,16)17-2/h6,11-12H,3-5,7-9H2,1-2H3. The summed E-state index contributed by atoms with van der Waals surface area (Å²) >= 11 is 0. The third kappa shape index (κ3) is 4.31. The van der Waals surface area contributed by atoms with Gasteiger partial charge in [-0.3, -0.25) is 4.18 Å². The molecule has 1 heterocycles. The predicted octanol–water partition coefficient (Wildman–Crippen LogP) is 2.31. The predicted molar refractivity (Wildman–Crippen MR) is 71.2 cm³/mol. The molecule has 6 heteroatoms. The highest BCUT2D eigenvalue weighted by molar-refractivity contribution is 7.86. The summed E-state index contributed by atoms with van der Waals surface area (Å²) in [6, 6.07) is 1.95. The minimum Gasteiger partial charge on any atom is -0.361 e. The lowest BCUT2D eigenvalue weighted by atomic mass is 9.80. The molecule has 19 heavy (non-hydrogen) atoms. The van der Waals surface area contributed by atoms with Crippen LogP contribution < -0.4 is 0 Å². The van der Waals surface area contributed by atoms with Gasteiger partial charge in [0.25, 0.3) is 10.1 Å². The summed E-state index contributed by atoms with van der Waals surface area (Å²) in [4.78, 5) is 0. The lowest BCUT2D eigenvalue weighted by Gasteiger charge is -2.28. The minimum atomic E-state index is -3.35. The number of aryl methyl sites for hydroxylation is 1. The average Bonchev–Trinajstić information content (AvgIpc) is 2.75. The number of aromatic nitrogens is 1. The maximum absolute atomic E-state index is 11.5. The van der Waals surface area contributed by atoms with Gasteiger partial charge in [-0.25, -0.2) is 0 Å². The Hall–Kier alpha value is -0.880. The first-order chi connectivity index (χ1) is 8.98. The van der Waals surface area contributed by atoms with E-state index in [2.05, 4.69) is 9.34 Å². The summed E-state index contributed by atoms with van der Waals surface area (Å²) in [7, 11) is -2.12. The van der Waals surface area contributed by atoms with Crippen LogP contribution in [0.25, 0.3) is 0 Å². The molecule has 0 amide bonds. The molecule has 0 bridgehead atoms. The van der Waals surface area contributed by atoms with Gasteiger partial charge in [-0.2, -0.15) is 8.42 Å². The highest BCUT2D eigenvalue weighted by atomic mass is 32.2. The van der Waals surface area contributed by atoms with Crippen LogP contribution in [0.4, 0.5) is 0 Å². The summed E-state index contributed by atoms with van der Waals surface area (Å²) < 4.78 is 32.7. The first kappa shape index (κ1) is 14.5. The second-order valence-electron chi connectivity index (χ2n) is 5.43. The summed E-state index contributed by atoms with van der Waals surface area (Å²) in [6.45, 7) is 1.90. The van der Waals surface area contributed by atoms with Crippen LogP contribution in [0, 0.1) is 18.8 Å². The fourth-order valence-electron chi connectivity index (χ4n) is 2.89. The maximum Gasteiger partial charge on any atom is 0.267 e. The molecule has 0 aromatic carbocycles. The van der Waals surface area contributed by atoms with Crippen molar-refractivity contribution in [2.45, 2.75) is 39.0 Å². The number of rotatable bonds is 5. The Balaban J connectivity index is 1.90. The van der Waals surface area contributed by atoms with Crippen LogP contribution in [0.5, 0.6) is 0 Å². The summed E-state index contributed by atoms with van der Waals surface area (Å²) in [5.41, 5.74) is 0.893. The molecule has 1 aliphatic carbocycles. The molecule has 2 atom stereocenters. The van der Waals surface area contributed by atoms with Gasteiger partial charge in [-0.1, -0.05) is 11.6 Å². The van der Waals surface area contributed by atoms with E-state index >= 15 is 0 Å². The Bertz CT molecular complexity index is 508. The summed E-state index contributed by atoms with van der Waals surface area (Å²) in [6.07, 6.45) is 4.94. The van der Waals surface area contributed by atoms with Crippen LogP contribution in [0.15, 0.2) is 10.6 Å². The first-order valence-electron chi connectivity index (χ1n) is 6.69. The molecule has 1 aliphatic rings. The molecule has 1 aromatic heterocycles. The normalized spacial score (nSPS) is 24.5. The van der Waals surface area contributed by atoms with E-state index < -0.39 is 10.1 Å². The lowest BCUT2D eigenvalue weighted by Crippen LogP contribution is -2.24. The van der Waals surface area contributed by atoms with Crippen molar-refractivity contribution in [3.63, 3.8) is 0 Å². The molecular formula is C13H21NO4S. The molecule has 0 radical (unpaired) electrons. The molecule has 0 N–H and O–H groups in total. The van der Waals surface area contributed by atoms with Crippen molar-refractivity contribution >= 4 is 10.1 Å². The zero-order valence-corrected chi connectivity index (χ0v) is 12.3. The third-order valence-electron chi connectivity index (χ3n) is 3.75. The molecule has 0 saturated heterocycles. The largest absolute Gasteiger partial charge is 0.361 e.